The molecule has 0 spiro atoms. The first-order chi connectivity index (χ1) is 9.69. The Morgan fingerprint density at radius 1 is 1.25 bits per heavy atom. The summed E-state index contributed by atoms with van der Waals surface area (Å²) in [5.41, 5.74) is 6.94. The Balaban J connectivity index is 1.91. The molecule has 1 amide bonds. The van der Waals surface area contributed by atoms with E-state index in [1.54, 1.807) is 25.3 Å². The molecule has 2 aromatic carbocycles. The minimum Gasteiger partial charge on any atom is -0.497 e. The third-order valence-electron chi connectivity index (χ3n) is 2.65. The van der Waals surface area contributed by atoms with Gasteiger partial charge in [-0.1, -0.05) is 18.2 Å². The molecule has 0 saturated carbocycles. The second kappa shape index (κ2) is 6.86. The van der Waals surface area contributed by atoms with E-state index < -0.39 is 0 Å². The lowest BCUT2D eigenvalue weighted by molar-refractivity contribution is -0.113. The minimum absolute atomic E-state index is 0.0873. The summed E-state index contributed by atoms with van der Waals surface area (Å²) in [5.74, 6) is 0.921. The number of methoxy groups -OCH3 is 1. The van der Waals surface area contributed by atoms with Gasteiger partial charge in [-0.2, -0.15) is 0 Å². The van der Waals surface area contributed by atoms with Gasteiger partial charge in [0.25, 0.3) is 0 Å². The Hall–Kier alpha value is -2.14. The number of carbonyl (C=O) groups is 1. The van der Waals surface area contributed by atoms with E-state index in [-0.39, 0.29) is 5.91 Å². The smallest absolute Gasteiger partial charge is 0.234 e. The highest BCUT2D eigenvalue weighted by Gasteiger charge is 2.07. The third-order valence-corrected chi connectivity index (χ3v) is 3.66. The SMILES string of the molecule is COc1ccc(NC(=O)CSc2ccccc2)c(N)c1. The standard InChI is InChI=1S/C15H16N2O2S/c1-19-11-7-8-14(13(16)9-11)17-15(18)10-20-12-5-3-2-4-6-12/h2-9H,10,16H2,1H3,(H,17,18). The highest BCUT2D eigenvalue weighted by Crippen LogP contribution is 2.24. The molecular formula is C15H16N2O2S. The van der Waals surface area contributed by atoms with Gasteiger partial charge in [0.1, 0.15) is 5.75 Å². The van der Waals surface area contributed by atoms with Crippen LogP contribution < -0.4 is 15.8 Å². The van der Waals surface area contributed by atoms with Crippen molar-refractivity contribution in [3.63, 3.8) is 0 Å². The van der Waals surface area contributed by atoms with E-state index in [2.05, 4.69) is 5.32 Å². The summed E-state index contributed by atoms with van der Waals surface area (Å²) < 4.78 is 5.06. The van der Waals surface area contributed by atoms with E-state index >= 15 is 0 Å². The number of anilines is 2. The number of ether oxygens (including phenoxy) is 1. The van der Waals surface area contributed by atoms with Gasteiger partial charge in [0.15, 0.2) is 0 Å². The van der Waals surface area contributed by atoms with Crippen LogP contribution in [0.3, 0.4) is 0 Å². The maximum absolute atomic E-state index is 11.9. The number of nitrogens with two attached hydrogens (primary N) is 1. The van der Waals surface area contributed by atoms with Crippen molar-refractivity contribution >= 4 is 29.0 Å². The van der Waals surface area contributed by atoms with Crippen LogP contribution in [0, 0.1) is 0 Å². The molecule has 20 heavy (non-hydrogen) atoms. The molecule has 0 aliphatic rings. The number of hydrogen-bond donors (Lipinski definition) is 2. The van der Waals surface area contributed by atoms with Gasteiger partial charge in [0.05, 0.1) is 24.2 Å². The summed E-state index contributed by atoms with van der Waals surface area (Å²) in [6.45, 7) is 0. The minimum atomic E-state index is -0.0873. The number of hydrogen-bond acceptors (Lipinski definition) is 4. The molecule has 2 rings (SSSR count). The van der Waals surface area contributed by atoms with Crippen molar-refractivity contribution in [1.82, 2.24) is 0 Å². The van der Waals surface area contributed by atoms with Crippen molar-refractivity contribution in [3.8, 4) is 5.75 Å². The first-order valence-corrected chi connectivity index (χ1v) is 7.09. The third kappa shape index (κ3) is 3.93. The fraction of sp³-hybridized carbons (Fsp3) is 0.133. The number of nitrogens with one attached hydrogen (secondary N) is 1. The van der Waals surface area contributed by atoms with Crippen LogP contribution in [-0.4, -0.2) is 18.8 Å². The van der Waals surface area contributed by atoms with Crippen LogP contribution >= 0.6 is 11.8 Å². The molecule has 0 saturated heterocycles. The molecule has 0 fully saturated rings. The van der Waals surface area contributed by atoms with Gasteiger partial charge in [0.2, 0.25) is 5.91 Å². The van der Waals surface area contributed by atoms with Crippen LogP contribution in [0.4, 0.5) is 11.4 Å². The molecule has 4 nitrogen and oxygen atoms in total. The van der Waals surface area contributed by atoms with Crippen molar-refractivity contribution in [2.45, 2.75) is 4.90 Å². The number of rotatable bonds is 5. The van der Waals surface area contributed by atoms with Crippen molar-refractivity contribution in [2.75, 3.05) is 23.9 Å². The van der Waals surface area contributed by atoms with Gasteiger partial charge >= 0.3 is 0 Å². The molecule has 0 aliphatic heterocycles. The summed E-state index contributed by atoms with van der Waals surface area (Å²) in [4.78, 5) is 12.9. The molecule has 0 radical (unpaired) electrons. The van der Waals surface area contributed by atoms with Gasteiger partial charge < -0.3 is 15.8 Å². The Labute approximate surface area is 122 Å². The van der Waals surface area contributed by atoms with Crippen LogP contribution in [-0.2, 0) is 4.79 Å². The quantitative estimate of drug-likeness (QED) is 0.655. The van der Waals surface area contributed by atoms with E-state index in [1.165, 1.54) is 11.8 Å². The van der Waals surface area contributed by atoms with Gasteiger partial charge in [-0.3, -0.25) is 4.79 Å². The van der Waals surface area contributed by atoms with Crippen molar-refractivity contribution in [2.24, 2.45) is 0 Å². The van der Waals surface area contributed by atoms with E-state index in [0.29, 0.717) is 22.9 Å². The molecule has 0 bridgehead atoms. The average molecular weight is 288 g/mol. The topological polar surface area (TPSA) is 64.3 Å². The van der Waals surface area contributed by atoms with Crippen LogP contribution in [0.15, 0.2) is 53.4 Å². The zero-order valence-electron chi connectivity index (χ0n) is 11.1. The van der Waals surface area contributed by atoms with Crippen LogP contribution in [0.2, 0.25) is 0 Å². The highest BCUT2D eigenvalue weighted by molar-refractivity contribution is 8.00. The largest absolute Gasteiger partial charge is 0.497 e. The van der Waals surface area contributed by atoms with Crippen LogP contribution in [0.5, 0.6) is 5.75 Å². The first-order valence-electron chi connectivity index (χ1n) is 6.10. The second-order valence-corrected chi connectivity index (χ2v) is 5.15. The molecular weight excluding hydrogens is 272 g/mol. The lowest BCUT2D eigenvalue weighted by atomic mass is 10.2. The second-order valence-electron chi connectivity index (χ2n) is 4.10. The average Bonchev–Trinajstić information content (AvgIpc) is 2.48. The molecule has 3 N–H and O–H groups in total. The Bertz CT molecular complexity index is 588. The number of thioether (sulfide) groups is 1. The normalized spacial score (nSPS) is 10.1. The fourth-order valence-corrected chi connectivity index (χ4v) is 2.35. The zero-order chi connectivity index (χ0) is 14.4. The maximum Gasteiger partial charge on any atom is 0.234 e. The maximum atomic E-state index is 11.9. The summed E-state index contributed by atoms with van der Waals surface area (Å²) in [5, 5.41) is 2.79. The molecule has 104 valence electrons. The fourth-order valence-electron chi connectivity index (χ4n) is 1.63. The van der Waals surface area contributed by atoms with Crippen LogP contribution in [0.1, 0.15) is 0 Å². The molecule has 0 heterocycles. The predicted octanol–water partition coefficient (Wildman–Crippen LogP) is 3.01. The number of carbonyl (C=O) groups excluding carboxylic acids is 1. The van der Waals surface area contributed by atoms with E-state index in [1.807, 2.05) is 30.3 Å². The summed E-state index contributed by atoms with van der Waals surface area (Å²) in [7, 11) is 1.57. The summed E-state index contributed by atoms with van der Waals surface area (Å²) >= 11 is 1.48. The highest BCUT2D eigenvalue weighted by atomic mass is 32.2. The Morgan fingerprint density at radius 3 is 2.65 bits per heavy atom. The van der Waals surface area contributed by atoms with Crippen molar-refractivity contribution < 1.29 is 9.53 Å². The van der Waals surface area contributed by atoms with E-state index in [4.69, 9.17) is 10.5 Å². The van der Waals surface area contributed by atoms with Crippen LogP contribution in [0.25, 0.3) is 0 Å². The first kappa shape index (κ1) is 14.3. The predicted molar refractivity (Wildman–Crippen MR) is 83.2 cm³/mol. The molecule has 0 aliphatic carbocycles. The Morgan fingerprint density at radius 2 is 2.00 bits per heavy atom. The van der Waals surface area contributed by atoms with Gasteiger partial charge in [-0.15, -0.1) is 11.8 Å². The molecule has 0 unspecified atom stereocenters. The van der Waals surface area contributed by atoms with E-state index in [9.17, 15) is 4.79 Å². The van der Waals surface area contributed by atoms with Gasteiger partial charge in [0, 0.05) is 11.0 Å². The zero-order valence-corrected chi connectivity index (χ0v) is 11.9. The number of benzene rings is 2. The molecule has 0 aromatic heterocycles. The molecule has 0 atom stereocenters. The van der Waals surface area contributed by atoms with Gasteiger partial charge in [-0.05, 0) is 24.3 Å². The lowest BCUT2D eigenvalue weighted by Crippen LogP contribution is -2.15. The number of amides is 1. The summed E-state index contributed by atoms with van der Waals surface area (Å²) in [6, 6.07) is 15.0. The lowest BCUT2D eigenvalue weighted by Gasteiger charge is -2.09. The van der Waals surface area contributed by atoms with Gasteiger partial charge in [-0.25, -0.2) is 0 Å². The van der Waals surface area contributed by atoms with Crippen molar-refractivity contribution in [1.29, 1.82) is 0 Å². The molecule has 5 heteroatoms. The van der Waals surface area contributed by atoms with E-state index in [0.717, 1.165) is 4.90 Å². The number of nitrogen functional groups attached to an aromatic ring is 1. The molecule has 2 aromatic rings. The van der Waals surface area contributed by atoms with Crippen molar-refractivity contribution in [3.05, 3.63) is 48.5 Å². The Kier molecular flexibility index (Phi) is 4.90. The summed E-state index contributed by atoms with van der Waals surface area (Å²) in [6.07, 6.45) is 0. The monoisotopic (exact) mass is 288 g/mol.